The fourth-order valence-electron chi connectivity index (χ4n) is 1.29. The first-order valence-electron chi connectivity index (χ1n) is 4.46. The molecule has 0 fully saturated rings. The van der Waals surface area contributed by atoms with Crippen LogP contribution in [0.4, 0.5) is 0 Å². The Morgan fingerprint density at radius 1 is 1.50 bits per heavy atom. The summed E-state index contributed by atoms with van der Waals surface area (Å²) < 4.78 is 4.76. The van der Waals surface area contributed by atoms with Gasteiger partial charge in [0.15, 0.2) is 0 Å². The highest BCUT2D eigenvalue weighted by atomic mass is 16.5. The molecule has 0 unspecified atom stereocenters. The van der Waals surface area contributed by atoms with Gasteiger partial charge in [-0.2, -0.15) is 5.26 Å². The third kappa shape index (κ3) is 2.58. The SMILES string of the molecule is CC(=O)Oc1cccc(CC#N)c1C(=O)O. The van der Waals surface area contributed by atoms with Crippen molar-refractivity contribution in [2.45, 2.75) is 13.3 Å². The van der Waals surface area contributed by atoms with Crippen LogP contribution in [0.1, 0.15) is 22.8 Å². The van der Waals surface area contributed by atoms with Crippen LogP contribution in [0.25, 0.3) is 0 Å². The molecule has 1 aromatic rings. The summed E-state index contributed by atoms with van der Waals surface area (Å²) in [5.74, 6) is -1.86. The molecule has 1 rings (SSSR count). The molecule has 1 N–H and O–H groups in total. The van der Waals surface area contributed by atoms with Gasteiger partial charge in [-0.15, -0.1) is 0 Å². The lowest BCUT2D eigenvalue weighted by atomic mass is 10.0. The topological polar surface area (TPSA) is 87.4 Å². The van der Waals surface area contributed by atoms with Crippen LogP contribution in [0.2, 0.25) is 0 Å². The number of aromatic carboxylic acids is 1. The number of hydrogen-bond donors (Lipinski definition) is 1. The van der Waals surface area contributed by atoms with Crippen molar-refractivity contribution in [3.63, 3.8) is 0 Å². The van der Waals surface area contributed by atoms with E-state index in [-0.39, 0.29) is 17.7 Å². The molecule has 5 nitrogen and oxygen atoms in total. The van der Waals surface area contributed by atoms with Gasteiger partial charge in [-0.25, -0.2) is 4.79 Å². The number of ether oxygens (including phenoxy) is 1. The molecule has 0 saturated carbocycles. The fourth-order valence-corrected chi connectivity index (χ4v) is 1.29. The first-order chi connectivity index (χ1) is 7.56. The smallest absolute Gasteiger partial charge is 0.339 e. The Morgan fingerprint density at radius 2 is 2.19 bits per heavy atom. The standard InChI is InChI=1S/C11H9NO4/c1-7(13)16-9-4-2-3-8(5-6-12)10(9)11(14)15/h2-4H,5H2,1H3,(H,14,15). The monoisotopic (exact) mass is 219 g/mol. The van der Waals surface area contributed by atoms with Crippen LogP contribution < -0.4 is 4.74 Å². The molecule has 0 saturated heterocycles. The molecular formula is C11H9NO4. The Labute approximate surface area is 91.9 Å². The Hall–Kier alpha value is -2.35. The summed E-state index contributed by atoms with van der Waals surface area (Å²) in [4.78, 5) is 21.8. The van der Waals surface area contributed by atoms with E-state index in [9.17, 15) is 9.59 Å². The van der Waals surface area contributed by atoms with Crippen LogP contribution in [-0.2, 0) is 11.2 Å². The van der Waals surface area contributed by atoms with Crippen molar-refractivity contribution in [1.82, 2.24) is 0 Å². The maximum absolute atomic E-state index is 11.0. The number of carboxylic acid groups (broad SMARTS) is 1. The molecule has 5 heteroatoms. The van der Waals surface area contributed by atoms with Crippen molar-refractivity contribution in [1.29, 1.82) is 5.26 Å². The second-order valence-electron chi connectivity index (χ2n) is 3.02. The van der Waals surface area contributed by atoms with Crippen LogP contribution in [-0.4, -0.2) is 17.0 Å². The minimum Gasteiger partial charge on any atom is -0.478 e. The maximum atomic E-state index is 11.0. The van der Waals surface area contributed by atoms with Gasteiger partial charge in [0.1, 0.15) is 11.3 Å². The van der Waals surface area contributed by atoms with Crippen molar-refractivity contribution in [2.24, 2.45) is 0 Å². The molecule has 0 aliphatic rings. The highest BCUT2D eigenvalue weighted by molar-refractivity contribution is 5.93. The second-order valence-corrected chi connectivity index (χ2v) is 3.02. The molecule has 0 heterocycles. The fraction of sp³-hybridized carbons (Fsp3) is 0.182. The van der Waals surface area contributed by atoms with Crippen LogP contribution in [0.5, 0.6) is 5.75 Å². The number of nitrogens with zero attached hydrogens (tertiary/aromatic N) is 1. The van der Waals surface area contributed by atoms with Crippen molar-refractivity contribution >= 4 is 11.9 Å². The van der Waals surface area contributed by atoms with E-state index in [0.29, 0.717) is 5.56 Å². The van der Waals surface area contributed by atoms with Gasteiger partial charge in [0.05, 0.1) is 12.5 Å². The summed E-state index contributed by atoms with van der Waals surface area (Å²) in [6.45, 7) is 1.18. The highest BCUT2D eigenvalue weighted by Gasteiger charge is 2.17. The van der Waals surface area contributed by atoms with E-state index < -0.39 is 11.9 Å². The summed E-state index contributed by atoms with van der Waals surface area (Å²) >= 11 is 0. The number of nitriles is 1. The van der Waals surface area contributed by atoms with E-state index in [1.54, 1.807) is 0 Å². The van der Waals surface area contributed by atoms with Gasteiger partial charge in [0.2, 0.25) is 0 Å². The molecule has 0 radical (unpaired) electrons. The van der Waals surface area contributed by atoms with Gasteiger partial charge in [-0.05, 0) is 11.6 Å². The Kier molecular flexibility index (Phi) is 3.62. The Morgan fingerprint density at radius 3 is 2.69 bits per heavy atom. The van der Waals surface area contributed by atoms with Crippen molar-refractivity contribution in [3.05, 3.63) is 29.3 Å². The average Bonchev–Trinajstić information content (AvgIpc) is 2.16. The van der Waals surface area contributed by atoms with E-state index in [2.05, 4.69) is 0 Å². The molecule has 0 bridgehead atoms. The molecule has 0 aliphatic heterocycles. The molecular weight excluding hydrogens is 210 g/mol. The van der Waals surface area contributed by atoms with Crippen LogP contribution in [0.15, 0.2) is 18.2 Å². The molecule has 82 valence electrons. The summed E-state index contributed by atoms with van der Waals surface area (Å²) in [6.07, 6.45) is -0.0449. The molecule has 0 aromatic heterocycles. The van der Waals surface area contributed by atoms with Crippen LogP contribution in [0.3, 0.4) is 0 Å². The molecule has 16 heavy (non-hydrogen) atoms. The van der Waals surface area contributed by atoms with Gasteiger partial charge in [0, 0.05) is 6.92 Å². The van der Waals surface area contributed by atoms with E-state index >= 15 is 0 Å². The minimum atomic E-state index is -1.22. The number of carboxylic acids is 1. The predicted molar refractivity (Wildman–Crippen MR) is 54.0 cm³/mol. The van der Waals surface area contributed by atoms with E-state index in [4.69, 9.17) is 15.1 Å². The van der Waals surface area contributed by atoms with Gasteiger partial charge < -0.3 is 9.84 Å². The third-order valence-electron chi connectivity index (χ3n) is 1.85. The lowest BCUT2D eigenvalue weighted by Gasteiger charge is -2.08. The third-order valence-corrected chi connectivity index (χ3v) is 1.85. The number of rotatable bonds is 3. The number of carbonyl (C=O) groups excluding carboxylic acids is 1. The Bertz CT molecular complexity index is 473. The van der Waals surface area contributed by atoms with Crippen LogP contribution in [0, 0.1) is 11.3 Å². The first-order valence-corrected chi connectivity index (χ1v) is 4.46. The van der Waals surface area contributed by atoms with Gasteiger partial charge in [-0.1, -0.05) is 12.1 Å². The van der Waals surface area contributed by atoms with Crippen molar-refractivity contribution < 1.29 is 19.4 Å². The first kappa shape index (κ1) is 11.7. The maximum Gasteiger partial charge on any atom is 0.339 e. The number of carbonyl (C=O) groups is 2. The number of benzene rings is 1. The van der Waals surface area contributed by atoms with Gasteiger partial charge in [-0.3, -0.25) is 4.79 Å². The summed E-state index contributed by atoms with van der Waals surface area (Å²) in [6, 6.07) is 6.29. The quantitative estimate of drug-likeness (QED) is 0.612. The lowest BCUT2D eigenvalue weighted by Crippen LogP contribution is -2.09. The van der Waals surface area contributed by atoms with Crippen LogP contribution >= 0.6 is 0 Å². The van der Waals surface area contributed by atoms with Gasteiger partial charge in [0.25, 0.3) is 0 Å². The number of esters is 1. The lowest BCUT2D eigenvalue weighted by molar-refractivity contribution is -0.131. The summed E-state index contributed by atoms with van der Waals surface area (Å²) in [5.41, 5.74) is 0.188. The largest absolute Gasteiger partial charge is 0.478 e. The zero-order valence-corrected chi connectivity index (χ0v) is 8.56. The Balaban J connectivity index is 3.27. The normalized spacial score (nSPS) is 9.25. The second kappa shape index (κ2) is 4.94. The molecule has 0 atom stereocenters. The zero-order chi connectivity index (χ0) is 12.1. The van der Waals surface area contributed by atoms with E-state index in [1.807, 2.05) is 6.07 Å². The highest BCUT2D eigenvalue weighted by Crippen LogP contribution is 2.23. The van der Waals surface area contributed by atoms with E-state index in [1.165, 1.54) is 25.1 Å². The van der Waals surface area contributed by atoms with Crippen molar-refractivity contribution in [3.8, 4) is 11.8 Å². The summed E-state index contributed by atoms with van der Waals surface area (Å²) in [7, 11) is 0. The zero-order valence-electron chi connectivity index (χ0n) is 8.56. The minimum absolute atomic E-state index is 0.0345. The van der Waals surface area contributed by atoms with Crippen molar-refractivity contribution in [2.75, 3.05) is 0 Å². The van der Waals surface area contributed by atoms with E-state index in [0.717, 1.165) is 0 Å². The molecule has 0 spiro atoms. The molecule has 1 aromatic carbocycles. The number of hydrogen-bond acceptors (Lipinski definition) is 4. The molecule has 0 aliphatic carbocycles. The average molecular weight is 219 g/mol. The predicted octanol–water partition coefficient (Wildman–Crippen LogP) is 1.38. The van der Waals surface area contributed by atoms with Gasteiger partial charge >= 0.3 is 11.9 Å². The molecule has 0 amide bonds. The summed E-state index contributed by atoms with van der Waals surface area (Å²) in [5, 5.41) is 17.5.